The highest BCUT2D eigenvalue weighted by atomic mass is 31.2. The minimum Gasteiger partial charge on any atom is -0.485 e. The molecule has 238 valence electrons. The van der Waals surface area contributed by atoms with Crippen LogP contribution in [0.2, 0.25) is 0 Å². The minimum atomic E-state index is -5.69. The molecule has 0 bridgehead atoms. The third-order valence-electron chi connectivity index (χ3n) is 6.66. The van der Waals surface area contributed by atoms with Gasteiger partial charge in [-0.3, -0.25) is 13.9 Å². The van der Waals surface area contributed by atoms with E-state index < -0.39 is 39.1 Å². The van der Waals surface area contributed by atoms with Crippen molar-refractivity contribution in [3.63, 3.8) is 0 Å². The van der Waals surface area contributed by atoms with Crippen LogP contribution < -0.4 is 19.5 Å². The summed E-state index contributed by atoms with van der Waals surface area (Å²) in [5.74, 6) is -0.253. The van der Waals surface area contributed by atoms with Crippen LogP contribution in [0.1, 0.15) is 33.5 Å². The summed E-state index contributed by atoms with van der Waals surface area (Å²) >= 11 is 0. The average molecular weight is 658 g/mol. The first-order chi connectivity index (χ1) is 21.4. The molecule has 0 radical (unpaired) electrons. The normalized spacial score (nSPS) is 11.9. The highest BCUT2D eigenvalue weighted by molar-refractivity contribution is 7.72. The van der Waals surface area contributed by atoms with Gasteiger partial charge in [0.05, 0.1) is 0 Å². The molecule has 0 saturated heterocycles. The summed E-state index contributed by atoms with van der Waals surface area (Å²) in [6, 6.07) is 30.7. The molecular formula is C31H33NO11P2. The zero-order valence-corrected chi connectivity index (χ0v) is 25.7. The van der Waals surface area contributed by atoms with E-state index in [9.17, 15) is 38.6 Å². The van der Waals surface area contributed by atoms with Crippen molar-refractivity contribution in [2.45, 2.75) is 31.3 Å². The zero-order chi connectivity index (χ0) is 32.5. The van der Waals surface area contributed by atoms with Crippen LogP contribution >= 0.6 is 15.2 Å². The van der Waals surface area contributed by atoms with Crippen LogP contribution in [-0.4, -0.2) is 42.2 Å². The number of nitrogens with one attached hydrogen (secondary N) is 1. The van der Waals surface area contributed by atoms with E-state index in [4.69, 9.17) is 14.2 Å². The Morgan fingerprint density at radius 1 is 0.644 bits per heavy atom. The smallest absolute Gasteiger partial charge is 0.369 e. The van der Waals surface area contributed by atoms with Crippen molar-refractivity contribution in [1.29, 1.82) is 0 Å². The standard InChI is InChI=1S/C31H33NO11P2/c33-30(32-17-16-31(34,44(35,36)37)45(38,39)40)26-18-27(41-20-23-10-4-1-5-11-23)29(43-22-25-14-8-3-9-15-25)28(19-26)42-21-24-12-6-2-7-13-24/h1-15,18-19,34H,16-17,20-22H2,(H,32,33)(H2,35,36,37)(H2,38,39,40). The summed E-state index contributed by atoms with van der Waals surface area (Å²) in [5, 5.41) is 8.84. The zero-order valence-electron chi connectivity index (χ0n) is 23.9. The lowest BCUT2D eigenvalue weighted by molar-refractivity contribution is 0.0925. The fourth-order valence-electron chi connectivity index (χ4n) is 4.17. The largest absolute Gasteiger partial charge is 0.485 e. The van der Waals surface area contributed by atoms with Crippen molar-refractivity contribution in [2.75, 3.05) is 6.54 Å². The predicted octanol–water partition coefficient (Wildman–Crippen LogP) is 4.55. The van der Waals surface area contributed by atoms with Gasteiger partial charge in [-0.2, -0.15) is 0 Å². The third-order valence-corrected chi connectivity index (χ3v) is 10.5. The molecule has 4 aromatic carbocycles. The van der Waals surface area contributed by atoms with Gasteiger partial charge in [-0.05, 0) is 28.8 Å². The summed E-state index contributed by atoms with van der Waals surface area (Å²) in [6.45, 7) is -0.302. The number of aliphatic hydroxyl groups is 1. The van der Waals surface area contributed by atoms with Gasteiger partial charge in [-0.1, -0.05) is 91.0 Å². The highest BCUT2D eigenvalue weighted by Gasteiger charge is 2.58. The second-order valence-electron chi connectivity index (χ2n) is 9.99. The van der Waals surface area contributed by atoms with Crippen LogP contribution in [-0.2, 0) is 29.0 Å². The molecule has 0 aliphatic rings. The van der Waals surface area contributed by atoms with Gasteiger partial charge < -0.3 is 44.2 Å². The Morgan fingerprint density at radius 3 is 1.40 bits per heavy atom. The molecule has 1 amide bonds. The monoisotopic (exact) mass is 657 g/mol. The lowest BCUT2D eigenvalue weighted by atomic mass is 10.1. The van der Waals surface area contributed by atoms with Crippen LogP contribution in [0.3, 0.4) is 0 Å². The number of carbonyl (C=O) groups is 1. The molecule has 4 aromatic rings. The SMILES string of the molecule is O=C(NCCC(O)(P(=O)(O)O)P(=O)(O)O)c1cc(OCc2ccccc2)c(OCc2ccccc2)c(OCc2ccccc2)c1. The lowest BCUT2D eigenvalue weighted by Crippen LogP contribution is -2.35. The van der Waals surface area contributed by atoms with Gasteiger partial charge in [0.2, 0.25) is 5.75 Å². The average Bonchev–Trinajstić information content (AvgIpc) is 3.02. The Balaban J connectivity index is 1.66. The lowest BCUT2D eigenvalue weighted by Gasteiger charge is -2.29. The van der Waals surface area contributed by atoms with Crippen molar-refractivity contribution >= 4 is 21.1 Å². The fourth-order valence-corrected chi connectivity index (χ4v) is 6.34. The molecule has 0 unspecified atom stereocenters. The van der Waals surface area contributed by atoms with Gasteiger partial charge in [0.15, 0.2) is 11.5 Å². The molecule has 0 saturated carbocycles. The van der Waals surface area contributed by atoms with E-state index in [1.165, 1.54) is 12.1 Å². The molecule has 45 heavy (non-hydrogen) atoms. The van der Waals surface area contributed by atoms with Crippen LogP contribution in [0.15, 0.2) is 103 Å². The molecule has 0 spiro atoms. The molecule has 0 heterocycles. The van der Waals surface area contributed by atoms with E-state index in [1.807, 2.05) is 91.0 Å². The highest BCUT2D eigenvalue weighted by Crippen LogP contribution is 2.68. The van der Waals surface area contributed by atoms with Crippen molar-refractivity contribution < 1.29 is 52.8 Å². The van der Waals surface area contributed by atoms with Crippen LogP contribution in [0.5, 0.6) is 17.2 Å². The summed E-state index contributed by atoms with van der Waals surface area (Å²) < 4.78 is 41.8. The van der Waals surface area contributed by atoms with Gasteiger partial charge in [0.25, 0.3) is 11.0 Å². The first-order valence-corrected chi connectivity index (χ1v) is 16.9. The summed E-state index contributed by atoms with van der Waals surface area (Å²) in [4.78, 5) is 50.9. The molecule has 0 aliphatic heterocycles. The molecule has 0 fully saturated rings. The van der Waals surface area contributed by atoms with Crippen LogP contribution in [0, 0.1) is 0 Å². The van der Waals surface area contributed by atoms with E-state index in [-0.39, 0.29) is 42.6 Å². The van der Waals surface area contributed by atoms with Crippen molar-refractivity contribution in [2.24, 2.45) is 0 Å². The Hall–Kier alpha value is -3.99. The van der Waals surface area contributed by atoms with Crippen LogP contribution in [0.25, 0.3) is 0 Å². The quantitative estimate of drug-likeness (QED) is 0.0984. The van der Waals surface area contributed by atoms with Crippen LogP contribution in [0.4, 0.5) is 0 Å². The second kappa shape index (κ2) is 14.9. The second-order valence-corrected chi connectivity index (χ2v) is 14.0. The summed E-state index contributed by atoms with van der Waals surface area (Å²) in [7, 11) is -11.4. The Kier molecular flexibility index (Phi) is 11.2. The number of ether oxygens (including phenoxy) is 3. The maximum Gasteiger partial charge on any atom is 0.369 e. The number of carbonyl (C=O) groups excluding carboxylic acids is 1. The van der Waals surface area contributed by atoms with E-state index in [2.05, 4.69) is 5.32 Å². The molecule has 12 nitrogen and oxygen atoms in total. The first-order valence-electron chi connectivity index (χ1n) is 13.7. The van der Waals surface area contributed by atoms with Gasteiger partial charge in [0, 0.05) is 18.5 Å². The molecule has 14 heteroatoms. The van der Waals surface area contributed by atoms with Gasteiger partial charge >= 0.3 is 15.2 Å². The first kappa shape index (κ1) is 33.9. The maximum atomic E-state index is 13.2. The number of rotatable bonds is 15. The number of hydrogen-bond donors (Lipinski definition) is 6. The topological polar surface area (TPSA) is 192 Å². The Morgan fingerprint density at radius 2 is 1.02 bits per heavy atom. The van der Waals surface area contributed by atoms with Gasteiger partial charge in [0.1, 0.15) is 19.8 Å². The van der Waals surface area contributed by atoms with Crippen molar-refractivity contribution in [1.82, 2.24) is 5.32 Å². The Bertz CT molecular complexity index is 1570. The summed E-state index contributed by atoms with van der Waals surface area (Å²) in [5.41, 5.74) is 2.53. The van der Waals surface area contributed by atoms with Crippen molar-refractivity contribution in [3.05, 3.63) is 125 Å². The van der Waals surface area contributed by atoms with E-state index in [1.54, 1.807) is 0 Å². The maximum absolute atomic E-state index is 13.2. The number of amides is 1. The van der Waals surface area contributed by atoms with Crippen molar-refractivity contribution in [3.8, 4) is 17.2 Å². The van der Waals surface area contributed by atoms with E-state index in [0.29, 0.717) is 0 Å². The predicted molar refractivity (Wildman–Crippen MR) is 165 cm³/mol. The number of benzene rings is 4. The van der Waals surface area contributed by atoms with Gasteiger partial charge in [-0.25, -0.2) is 0 Å². The molecule has 0 aliphatic carbocycles. The number of hydrogen-bond acceptors (Lipinski definition) is 7. The van der Waals surface area contributed by atoms with E-state index in [0.717, 1.165) is 16.7 Å². The molecule has 4 rings (SSSR count). The molecule has 0 aromatic heterocycles. The molecule has 6 N–H and O–H groups in total. The molecule has 0 atom stereocenters. The summed E-state index contributed by atoms with van der Waals surface area (Å²) in [6.07, 6.45) is -1.12. The molecular weight excluding hydrogens is 624 g/mol. The minimum absolute atomic E-state index is 0.0101. The fraction of sp³-hybridized carbons (Fsp3) is 0.194. The van der Waals surface area contributed by atoms with Gasteiger partial charge in [-0.15, -0.1) is 0 Å². The Labute approximate surface area is 259 Å². The van der Waals surface area contributed by atoms with E-state index >= 15 is 0 Å². The third kappa shape index (κ3) is 9.03.